The molecule has 3 nitrogen and oxygen atoms in total. The topological polar surface area (TPSA) is 43.8 Å². The summed E-state index contributed by atoms with van der Waals surface area (Å²) in [6.45, 7) is 4.99. The molecule has 1 heterocycles. The van der Waals surface area contributed by atoms with Crippen molar-refractivity contribution < 1.29 is 4.39 Å². The summed E-state index contributed by atoms with van der Waals surface area (Å²) < 4.78 is 15.0. The van der Waals surface area contributed by atoms with Gasteiger partial charge in [-0.3, -0.25) is 4.68 Å². The van der Waals surface area contributed by atoms with E-state index in [1.165, 1.54) is 12.1 Å². The molecule has 1 unspecified atom stereocenters. The highest BCUT2D eigenvalue weighted by Crippen LogP contribution is 2.19. The Morgan fingerprint density at radius 2 is 2.05 bits per heavy atom. The van der Waals surface area contributed by atoms with Gasteiger partial charge in [0, 0.05) is 29.7 Å². The van der Waals surface area contributed by atoms with Crippen molar-refractivity contribution in [2.45, 2.75) is 45.7 Å². The lowest BCUT2D eigenvalue weighted by Crippen LogP contribution is -2.27. The van der Waals surface area contributed by atoms with Gasteiger partial charge < -0.3 is 5.73 Å². The Kier molecular flexibility index (Phi) is 5.37. The fraction of sp³-hybridized carbons (Fsp3) is 0.438. The zero-order valence-electron chi connectivity index (χ0n) is 12.4. The molecule has 21 heavy (non-hydrogen) atoms. The Hall–Kier alpha value is -1.39. The van der Waals surface area contributed by atoms with Gasteiger partial charge in [0.25, 0.3) is 0 Å². The number of benzene rings is 1. The number of rotatable bonds is 6. The van der Waals surface area contributed by atoms with Gasteiger partial charge in [0.15, 0.2) is 0 Å². The maximum atomic E-state index is 13.0. The first-order valence-corrected chi connectivity index (χ1v) is 7.66. The van der Waals surface area contributed by atoms with E-state index in [9.17, 15) is 4.39 Å². The minimum absolute atomic E-state index is 0.0698. The van der Waals surface area contributed by atoms with E-state index in [0.29, 0.717) is 11.4 Å². The van der Waals surface area contributed by atoms with Gasteiger partial charge in [0.2, 0.25) is 0 Å². The maximum absolute atomic E-state index is 13.0. The fourth-order valence-electron chi connectivity index (χ4n) is 2.44. The van der Waals surface area contributed by atoms with Gasteiger partial charge in [-0.15, -0.1) is 0 Å². The third-order valence-corrected chi connectivity index (χ3v) is 3.90. The molecule has 5 heteroatoms. The molecule has 0 bridgehead atoms. The molecular formula is C16H21ClFN3. The Morgan fingerprint density at radius 1 is 1.29 bits per heavy atom. The lowest BCUT2D eigenvalue weighted by Gasteiger charge is -2.13. The summed E-state index contributed by atoms with van der Waals surface area (Å²) in [5.74, 6) is -0.325. The summed E-state index contributed by atoms with van der Waals surface area (Å²) in [6, 6.07) is 6.48. The smallest absolute Gasteiger partial charge is 0.124 e. The van der Waals surface area contributed by atoms with Crippen LogP contribution in [0.25, 0.3) is 0 Å². The lowest BCUT2D eigenvalue weighted by atomic mass is 10.0. The average Bonchev–Trinajstić information content (AvgIpc) is 2.84. The van der Waals surface area contributed by atoms with E-state index in [1.54, 1.807) is 6.07 Å². The van der Waals surface area contributed by atoms with E-state index in [2.05, 4.69) is 25.0 Å². The van der Waals surface area contributed by atoms with Gasteiger partial charge in [-0.1, -0.05) is 24.6 Å². The molecule has 1 aromatic heterocycles. The Bertz CT molecular complexity index is 610. The number of aryl methyl sites for hydroxylation is 2. The lowest BCUT2D eigenvalue weighted by molar-refractivity contribution is 0.572. The van der Waals surface area contributed by atoms with E-state index < -0.39 is 0 Å². The Labute approximate surface area is 129 Å². The molecule has 2 rings (SSSR count). The number of aromatic nitrogens is 2. The van der Waals surface area contributed by atoms with Crippen molar-refractivity contribution in [2.24, 2.45) is 5.73 Å². The van der Waals surface area contributed by atoms with Crippen LogP contribution in [0.2, 0.25) is 5.02 Å². The normalized spacial score (nSPS) is 12.6. The largest absolute Gasteiger partial charge is 0.327 e. The molecule has 0 amide bonds. The third-order valence-electron chi connectivity index (χ3n) is 3.54. The number of nitrogens with zero attached hydrogens (tertiary/aromatic N) is 2. The number of nitrogens with two attached hydrogens (primary N) is 1. The van der Waals surface area contributed by atoms with Crippen LogP contribution in [-0.4, -0.2) is 15.8 Å². The molecule has 114 valence electrons. The molecule has 0 aliphatic carbocycles. The molecule has 1 aromatic carbocycles. The molecule has 1 atom stereocenters. The fourth-order valence-corrected chi connectivity index (χ4v) is 2.68. The van der Waals surface area contributed by atoms with E-state index in [-0.39, 0.29) is 11.9 Å². The second kappa shape index (κ2) is 7.05. The second-order valence-electron chi connectivity index (χ2n) is 5.20. The van der Waals surface area contributed by atoms with Crippen LogP contribution in [0.1, 0.15) is 30.8 Å². The first-order chi connectivity index (χ1) is 10.0. The summed E-state index contributed by atoms with van der Waals surface area (Å²) in [6.07, 6.45) is 2.27. The van der Waals surface area contributed by atoms with Crippen LogP contribution in [0, 0.1) is 5.82 Å². The van der Waals surface area contributed by atoms with E-state index >= 15 is 0 Å². The summed E-state index contributed by atoms with van der Waals surface area (Å²) in [4.78, 5) is 0. The SMILES string of the molecule is CCc1cc(CC(N)Cc2ccc(F)cc2Cl)n(CC)n1. The molecule has 2 N–H and O–H groups in total. The molecule has 0 aliphatic rings. The van der Waals surface area contributed by atoms with Crippen LogP contribution in [0.5, 0.6) is 0 Å². The molecule has 0 radical (unpaired) electrons. The van der Waals surface area contributed by atoms with Gasteiger partial charge in [-0.25, -0.2) is 4.39 Å². The van der Waals surface area contributed by atoms with Crippen molar-refractivity contribution in [1.82, 2.24) is 9.78 Å². The van der Waals surface area contributed by atoms with Crippen LogP contribution in [0.4, 0.5) is 4.39 Å². The quantitative estimate of drug-likeness (QED) is 0.889. The molecule has 0 fully saturated rings. The summed E-state index contributed by atoms with van der Waals surface area (Å²) in [5, 5.41) is 4.96. The van der Waals surface area contributed by atoms with Crippen LogP contribution in [0.3, 0.4) is 0 Å². The highest BCUT2D eigenvalue weighted by Gasteiger charge is 2.13. The number of hydrogen-bond donors (Lipinski definition) is 1. The van der Waals surface area contributed by atoms with Gasteiger partial charge in [-0.2, -0.15) is 5.10 Å². The van der Waals surface area contributed by atoms with Crippen molar-refractivity contribution in [3.8, 4) is 0 Å². The molecule has 0 saturated heterocycles. The zero-order valence-corrected chi connectivity index (χ0v) is 13.2. The highest BCUT2D eigenvalue weighted by molar-refractivity contribution is 6.31. The van der Waals surface area contributed by atoms with Crippen molar-refractivity contribution in [1.29, 1.82) is 0 Å². The number of hydrogen-bond acceptors (Lipinski definition) is 2. The Balaban J connectivity index is 2.07. The second-order valence-corrected chi connectivity index (χ2v) is 5.61. The molecule has 0 saturated carbocycles. The van der Waals surface area contributed by atoms with Gasteiger partial charge in [0.05, 0.1) is 5.69 Å². The minimum atomic E-state index is -0.325. The maximum Gasteiger partial charge on any atom is 0.124 e. The van der Waals surface area contributed by atoms with Crippen LogP contribution in [-0.2, 0) is 25.8 Å². The number of halogens is 2. The van der Waals surface area contributed by atoms with Crippen molar-refractivity contribution in [2.75, 3.05) is 0 Å². The monoisotopic (exact) mass is 309 g/mol. The van der Waals surface area contributed by atoms with E-state index in [0.717, 1.165) is 36.3 Å². The third kappa shape index (κ3) is 4.05. The first-order valence-electron chi connectivity index (χ1n) is 7.28. The van der Waals surface area contributed by atoms with Gasteiger partial charge in [-0.05, 0) is 43.5 Å². The first kappa shape index (κ1) is 16.0. The minimum Gasteiger partial charge on any atom is -0.327 e. The zero-order chi connectivity index (χ0) is 15.4. The van der Waals surface area contributed by atoms with Gasteiger partial charge >= 0.3 is 0 Å². The van der Waals surface area contributed by atoms with Crippen molar-refractivity contribution >= 4 is 11.6 Å². The standard InChI is InChI=1S/C16H21ClFN3/c1-3-14-10-15(21(4-2)20-14)9-13(19)7-11-5-6-12(18)8-16(11)17/h5-6,8,10,13H,3-4,7,9,19H2,1-2H3. The highest BCUT2D eigenvalue weighted by atomic mass is 35.5. The van der Waals surface area contributed by atoms with E-state index in [4.69, 9.17) is 17.3 Å². The van der Waals surface area contributed by atoms with Crippen molar-refractivity contribution in [3.05, 3.63) is 52.1 Å². The van der Waals surface area contributed by atoms with E-state index in [1.807, 2.05) is 4.68 Å². The molecule has 0 aliphatic heterocycles. The average molecular weight is 310 g/mol. The molecule has 0 spiro atoms. The summed E-state index contributed by atoms with van der Waals surface area (Å²) >= 11 is 6.05. The summed E-state index contributed by atoms with van der Waals surface area (Å²) in [5.41, 5.74) is 9.33. The summed E-state index contributed by atoms with van der Waals surface area (Å²) in [7, 11) is 0. The Morgan fingerprint density at radius 3 is 2.67 bits per heavy atom. The predicted molar refractivity (Wildman–Crippen MR) is 84.1 cm³/mol. The molecule has 2 aromatic rings. The molecular weight excluding hydrogens is 289 g/mol. The van der Waals surface area contributed by atoms with Crippen LogP contribution in [0.15, 0.2) is 24.3 Å². The van der Waals surface area contributed by atoms with Crippen LogP contribution < -0.4 is 5.73 Å². The predicted octanol–water partition coefficient (Wildman–Crippen LogP) is 3.37. The van der Waals surface area contributed by atoms with Gasteiger partial charge in [0.1, 0.15) is 5.82 Å². The van der Waals surface area contributed by atoms with Crippen molar-refractivity contribution in [3.63, 3.8) is 0 Å². The van der Waals surface area contributed by atoms with Crippen LogP contribution >= 0.6 is 11.6 Å².